The van der Waals surface area contributed by atoms with Crippen LogP contribution in [0.5, 0.6) is 0 Å². The second-order valence-corrected chi connectivity index (χ2v) is 6.16. The van der Waals surface area contributed by atoms with Crippen molar-refractivity contribution in [3.05, 3.63) is 46.0 Å². The van der Waals surface area contributed by atoms with Gasteiger partial charge in [0.1, 0.15) is 6.04 Å². The maximum atomic E-state index is 12.4. The zero-order chi connectivity index (χ0) is 15.0. The molecule has 1 atom stereocenters. The minimum atomic E-state index is -0.548. The predicted molar refractivity (Wildman–Crippen MR) is 81.5 cm³/mol. The van der Waals surface area contributed by atoms with Gasteiger partial charge in [0, 0.05) is 22.5 Å². The Morgan fingerprint density at radius 3 is 2.33 bits per heavy atom. The lowest BCUT2D eigenvalue weighted by molar-refractivity contribution is -0.128. The summed E-state index contributed by atoms with van der Waals surface area (Å²) < 4.78 is 0. The number of urea groups is 1. The number of hydrogen-bond acceptors (Lipinski definition) is 2. The number of carbonyl (C=O) groups excluding carboxylic acids is 2. The van der Waals surface area contributed by atoms with Gasteiger partial charge in [-0.1, -0.05) is 35.4 Å². The summed E-state index contributed by atoms with van der Waals surface area (Å²) in [6.45, 7) is 0. The molecule has 0 spiro atoms. The maximum absolute atomic E-state index is 12.4. The van der Waals surface area contributed by atoms with Crippen LogP contribution >= 0.6 is 23.2 Å². The monoisotopic (exact) mass is 324 g/mol. The van der Waals surface area contributed by atoms with Crippen LogP contribution < -0.4 is 5.32 Å². The number of benzene rings is 1. The molecule has 1 aliphatic carbocycles. The highest BCUT2D eigenvalue weighted by Crippen LogP contribution is 2.24. The maximum Gasteiger partial charge on any atom is 0.325 e. The molecule has 1 heterocycles. The van der Waals surface area contributed by atoms with Crippen molar-refractivity contribution in [2.45, 2.75) is 31.3 Å². The second-order valence-electron chi connectivity index (χ2n) is 5.29. The fourth-order valence-electron chi connectivity index (χ4n) is 2.81. The van der Waals surface area contributed by atoms with Crippen LogP contribution in [0, 0.1) is 0 Å². The minimum absolute atomic E-state index is 0.0505. The molecular weight excluding hydrogens is 311 g/mol. The highest BCUT2D eigenvalue weighted by molar-refractivity contribution is 6.34. The molecule has 0 saturated carbocycles. The van der Waals surface area contributed by atoms with Crippen LogP contribution in [-0.4, -0.2) is 28.9 Å². The Morgan fingerprint density at radius 2 is 1.71 bits per heavy atom. The summed E-state index contributed by atoms with van der Waals surface area (Å²) >= 11 is 11.9. The van der Waals surface area contributed by atoms with Crippen molar-refractivity contribution < 1.29 is 9.59 Å². The number of rotatable bonds is 3. The van der Waals surface area contributed by atoms with Crippen molar-refractivity contribution in [1.82, 2.24) is 10.2 Å². The lowest BCUT2D eigenvalue weighted by atomic mass is 10.1. The molecule has 1 aromatic rings. The van der Waals surface area contributed by atoms with E-state index in [4.69, 9.17) is 23.2 Å². The van der Waals surface area contributed by atoms with Crippen molar-refractivity contribution >= 4 is 35.1 Å². The van der Waals surface area contributed by atoms with E-state index in [1.54, 1.807) is 18.2 Å². The Labute approximate surface area is 132 Å². The first-order valence-corrected chi connectivity index (χ1v) is 7.54. The van der Waals surface area contributed by atoms with E-state index in [0.717, 1.165) is 18.4 Å². The summed E-state index contributed by atoms with van der Waals surface area (Å²) in [7, 11) is 0. The molecule has 1 aliphatic heterocycles. The minimum Gasteiger partial charge on any atom is -0.325 e. The Hall–Kier alpha value is -1.52. The van der Waals surface area contributed by atoms with Gasteiger partial charge in [-0.15, -0.1) is 0 Å². The molecule has 2 aliphatic rings. The van der Waals surface area contributed by atoms with Crippen LogP contribution in [0.2, 0.25) is 10.0 Å². The Bertz CT molecular complexity index is 602. The van der Waals surface area contributed by atoms with Crippen LogP contribution in [0.1, 0.15) is 18.4 Å². The molecular formula is C15H14Cl2N2O2. The number of halogens is 2. The number of imide groups is 1. The molecule has 3 amide bonds. The van der Waals surface area contributed by atoms with Gasteiger partial charge in [-0.3, -0.25) is 9.69 Å². The van der Waals surface area contributed by atoms with Crippen LogP contribution in [0.25, 0.3) is 0 Å². The molecule has 3 rings (SSSR count). The van der Waals surface area contributed by atoms with Crippen molar-refractivity contribution in [3.8, 4) is 0 Å². The number of nitrogens with zero attached hydrogens (tertiary/aromatic N) is 1. The van der Waals surface area contributed by atoms with Crippen molar-refractivity contribution in [2.75, 3.05) is 0 Å². The molecule has 110 valence electrons. The largest absolute Gasteiger partial charge is 0.325 e. The summed E-state index contributed by atoms with van der Waals surface area (Å²) in [6.07, 6.45) is 5.84. The Morgan fingerprint density at radius 1 is 1.10 bits per heavy atom. The van der Waals surface area contributed by atoms with Gasteiger partial charge in [0.25, 0.3) is 5.91 Å². The van der Waals surface area contributed by atoms with E-state index in [2.05, 4.69) is 5.32 Å². The first-order valence-electron chi connectivity index (χ1n) is 6.78. The molecule has 0 unspecified atom stereocenters. The van der Waals surface area contributed by atoms with Crippen LogP contribution in [0.4, 0.5) is 4.79 Å². The molecule has 1 saturated heterocycles. The number of amides is 3. The van der Waals surface area contributed by atoms with Gasteiger partial charge in [0.05, 0.1) is 0 Å². The fraction of sp³-hybridized carbons (Fsp3) is 0.333. The average Bonchev–Trinajstić information content (AvgIpc) is 2.98. The molecule has 4 nitrogen and oxygen atoms in total. The third-order valence-corrected chi connectivity index (χ3v) is 4.20. The number of carbonyl (C=O) groups is 2. The highest BCUT2D eigenvalue weighted by Gasteiger charge is 2.41. The summed E-state index contributed by atoms with van der Waals surface area (Å²) in [6, 6.07) is 4.24. The van der Waals surface area contributed by atoms with Crippen LogP contribution in [-0.2, 0) is 11.2 Å². The molecule has 1 aromatic carbocycles. The van der Waals surface area contributed by atoms with Crippen molar-refractivity contribution in [1.29, 1.82) is 0 Å². The van der Waals surface area contributed by atoms with Gasteiger partial charge in [-0.05, 0) is 36.6 Å². The van der Waals surface area contributed by atoms with Crippen molar-refractivity contribution in [3.63, 3.8) is 0 Å². The van der Waals surface area contributed by atoms with E-state index >= 15 is 0 Å². The topological polar surface area (TPSA) is 49.4 Å². The predicted octanol–water partition coefficient (Wildman–Crippen LogP) is 3.17. The van der Waals surface area contributed by atoms with E-state index in [0.29, 0.717) is 16.5 Å². The van der Waals surface area contributed by atoms with Gasteiger partial charge >= 0.3 is 6.03 Å². The van der Waals surface area contributed by atoms with E-state index in [1.165, 1.54) is 4.90 Å². The first kappa shape index (κ1) is 14.4. The molecule has 1 fully saturated rings. The lowest BCUT2D eigenvalue weighted by Gasteiger charge is -2.20. The third kappa shape index (κ3) is 2.92. The number of hydrogen-bond donors (Lipinski definition) is 1. The van der Waals surface area contributed by atoms with E-state index in [9.17, 15) is 9.59 Å². The van der Waals surface area contributed by atoms with Gasteiger partial charge in [0.15, 0.2) is 0 Å². The van der Waals surface area contributed by atoms with Crippen LogP contribution in [0.15, 0.2) is 30.4 Å². The third-order valence-electron chi connectivity index (χ3n) is 3.76. The second kappa shape index (κ2) is 5.70. The fourth-order valence-corrected chi connectivity index (χ4v) is 3.38. The van der Waals surface area contributed by atoms with E-state index < -0.39 is 6.04 Å². The standard InChI is InChI=1S/C15H14Cl2N2O2/c16-10-5-9(6-11(17)8-10)7-13-14(20)19(15(21)18-13)12-3-1-2-4-12/h1-2,5-6,8,12-13H,3-4,7H2,(H,18,21)/t13-/m1/s1. The SMILES string of the molecule is O=C1N[C@H](Cc2cc(Cl)cc(Cl)c2)C(=O)N1C1CC=CC1. The van der Waals surface area contributed by atoms with Gasteiger partial charge in [0.2, 0.25) is 0 Å². The Balaban J connectivity index is 1.75. The van der Waals surface area contributed by atoms with Gasteiger partial charge in [-0.25, -0.2) is 4.79 Å². The quantitative estimate of drug-likeness (QED) is 0.685. The molecule has 1 N–H and O–H groups in total. The summed E-state index contributed by atoms with van der Waals surface area (Å²) in [4.78, 5) is 25.8. The highest BCUT2D eigenvalue weighted by atomic mass is 35.5. The zero-order valence-electron chi connectivity index (χ0n) is 11.2. The molecule has 0 radical (unpaired) electrons. The summed E-state index contributed by atoms with van der Waals surface area (Å²) in [5.74, 6) is -0.176. The Kier molecular flexibility index (Phi) is 3.91. The first-order chi connectivity index (χ1) is 10.0. The smallest absolute Gasteiger partial charge is 0.325 e. The van der Waals surface area contributed by atoms with E-state index in [-0.39, 0.29) is 18.0 Å². The molecule has 0 bridgehead atoms. The zero-order valence-corrected chi connectivity index (χ0v) is 12.7. The summed E-state index contributed by atoms with van der Waals surface area (Å²) in [5, 5.41) is 3.78. The molecule has 21 heavy (non-hydrogen) atoms. The van der Waals surface area contributed by atoms with Gasteiger partial charge in [-0.2, -0.15) is 0 Å². The van der Waals surface area contributed by atoms with Crippen LogP contribution in [0.3, 0.4) is 0 Å². The molecule has 6 heteroatoms. The average molecular weight is 325 g/mol. The number of nitrogens with one attached hydrogen (secondary N) is 1. The normalized spacial score (nSPS) is 22.2. The van der Waals surface area contributed by atoms with Gasteiger partial charge < -0.3 is 5.32 Å². The summed E-state index contributed by atoms with van der Waals surface area (Å²) in [5.41, 5.74) is 0.831. The van der Waals surface area contributed by atoms with Crippen molar-refractivity contribution in [2.24, 2.45) is 0 Å². The lowest BCUT2D eigenvalue weighted by Crippen LogP contribution is -2.39. The molecule has 0 aromatic heterocycles. The van der Waals surface area contributed by atoms with E-state index in [1.807, 2.05) is 12.2 Å².